The minimum absolute atomic E-state index is 0.0706. The predicted octanol–water partition coefficient (Wildman–Crippen LogP) is 10.1. The molecule has 4 aliphatic rings. The molecular weight excluding hydrogens is 996 g/mol. The van der Waals surface area contributed by atoms with Gasteiger partial charge in [-0.1, -0.05) is 55.8 Å². The monoisotopic (exact) mass is 1060 g/mol. The number of piperazine rings is 1. The lowest BCUT2D eigenvalue weighted by atomic mass is 9.59. The number of benzene rings is 4. The third kappa shape index (κ3) is 11.0. The van der Waals surface area contributed by atoms with Gasteiger partial charge in [0, 0.05) is 92.7 Å². The zero-order valence-electron chi connectivity index (χ0n) is 43.0. The molecule has 2 saturated carbocycles. The van der Waals surface area contributed by atoms with Crippen LogP contribution in [0, 0.1) is 21.4 Å². The van der Waals surface area contributed by atoms with E-state index in [9.17, 15) is 28.4 Å². The quantitative estimate of drug-likeness (QED) is 0.0496. The Kier molecular flexibility index (Phi) is 14.5. The molecule has 396 valence electrons. The van der Waals surface area contributed by atoms with E-state index in [1.165, 1.54) is 41.1 Å². The summed E-state index contributed by atoms with van der Waals surface area (Å²) in [6.45, 7) is 11.9. The van der Waals surface area contributed by atoms with Crippen LogP contribution in [0.1, 0.15) is 98.3 Å². The summed E-state index contributed by atoms with van der Waals surface area (Å²) in [6, 6.07) is 25.9. The van der Waals surface area contributed by atoms with Gasteiger partial charge in [-0.15, -0.1) is 0 Å². The summed E-state index contributed by atoms with van der Waals surface area (Å²) in [5.74, 6) is 1.38. The fraction of sp³-hybridized carbons (Fsp3) is 0.429. The summed E-state index contributed by atoms with van der Waals surface area (Å²) < 4.78 is 47.4. The number of anilines is 2. The van der Waals surface area contributed by atoms with Gasteiger partial charge < -0.3 is 34.5 Å². The van der Waals surface area contributed by atoms with Crippen molar-refractivity contribution in [1.82, 2.24) is 24.5 Å². The van der Waals surface area contributed by atoms with Crippen molar-refractivity contribution in [3.05, 3.63) is 135 Å². The molecule has 4 fully saturated rings. The third-order valence-electron chi connectivity index (χ3n) is 15.9. The van der Waals surface area contributed by atoms with Crippen LogP contribution < -0.4 is 29.1 Å². The van der Waals surface area contributed by atoms with Crippen LogP contribution in [0.25, 0.3) is 11.0 Å². The Morgan fingerprint density at radius 3 is 2.47 bits per heavy atom. The van der Waals surface area contributed by atoms with E-state index in [0.717, 1.165) is 82.5 Å². The van der Waals surface area contributed by atoms with Crippen molar-refractivity contribution in [2.24, 2.45) is 11.3 Å². The molecule has 0 radical (unpaired) electrons. The number of aliphatic hydroxyl groups is 1. The van der Waals surface area contributed by atoms with Crippen LogP contribution in [0.5, 0.6) is 23.0 Å². The first-order chi connectivity index (χ1) is 35.9. The molecule has 1 spiro atoms. The highest BCUT2D eigenvalue weighted by atomic mass is 35.5. The van der Waals surface area contributed by atoms with Gasteiger partial charge in [0.2, 0.25) is 0 Å². The second-order valence-electron chi connectivity index (χ2n) is 21.6. The number of aromatic nitrogens is 2. The summed E-state index contributed by atoms with van der Waals surface area (Å²) in [5.41, 5.74) is 4.31. The second-order valence-corrected chi connectivity index (χ2v) is 23.6. The Bertz CT molecular complexity index is 3220. The number of H-pyrrole nitrogens is 1. The van der Waals surface area contributed by atoms with Crippen LogP contribution in [0.3, 0.4) is 0 Å². The van der Waals surface area contributed by atoms with Gasteiger partial charge in [0.1, 0.15) is 22.8 Å². The lowest BCUT2D eigenvalue weighted by molar-refractivity contribution is -0.384. The Morgan fingerprint density at radius 1 is 0.973 bits per heavy atom. The number of rotatable bonds is 17. The zero-order chi connectivity index (χ0) is 52.8. The molecule has 75 heavy (non-hydrogen) atoms. The summed E-state index contributed by atoms with van der Waals surface area (Å²) in [7, 11) is -1.30. The lowest BCUT2D eigenvalue weighted by Gasteiger charge is -2.63. The van der Waals surface area contributed by atoms with E-state index in [-0.39, 0.29) is 40.1 Å². The molecule has 4 heterocycles. The van der Waals surface area contributed by atoms with Gasteiger partial charge in [0.05, 0.1) is 46.4 Å². The SMILES string of the molecule is COc1ccc(CN2CCN(C3CC4(C3)CN(c3ccc(C(=O)NS(=O)(=O)c5ccc(NC[C@H]6CC[C@](C)(O)CC6)c([N+](=O)[O-])c5)c(Oc5cnc6[nH]cc(Cl)c6c5)c3)C4)C(c3ccccc3C(C)C)C2)cc1OC. The zero-order valence-corrected chi connectivity index (χ0v) is 44.5. The van der Waals surface area contributed by atoms with Crippen molar-refractivity contribution in [2.45, 2.75) is 94.3 Å². The molecule has 4 aromatic carbocycles. The maximum absolute atomic E-state index is 14.1. The fourth-order valence-corrected chi connectivity index (χ4v) is 12.9. The summed E-state index contributed by atoms with van der Waals surface area (Å²) in [5, 5.41) is 26.7. The highest BCUT2D eigenvalue weighted by molar-refractivity contribution is 7.90. The summed E-state index contributed by atoms with van der Waals surface area (Å²) in [6.07, 6.45) is 7.95. The number of pyridine rings is 1. The number of aromatic amines is 1. The largest absolute Gasteiger partial charge is 0.493 e. The van der Waals surface area contributed by atoms with Gasteiger partial charge in [-0.25, -0.2) is 18.1 Å². The average molecular weight is 1060 g/mol. The van der Waals surface area contributed by atoms with Crippen molar-refractivity contribution >= 4 is 55.6 Å². The third-order valence-corrected chi connectivity index (χ3v) is 17.6. The van der Waals surface area contributed by atoms with Crippen LogP contribution in [-0.2, 0) is 16.6 Å². The number of carbonyl (C=O) groups excluding carboxylic acids is 1. The molecule has 2 aliphatic carbocycles. The number of nitro benzene ring substituents is 1. The smallest absolute Gasteiger partial charge is 0.293 e. The van der Waals surface area contributed by atoms with Crippen molar-refractivity contribution < 1.29 is 37.5 Å². The number of halogens is 1. The molecule has 2 saturated heterocycles. The molecule has 19 heteroatoms. The van der Waals surface area contributed by atoms with Gasteiger partial charge in [0.15, 0.2) is 11.5 Å². The first-order valence-corrected chi connectivity index (χ1v) is 27.6. The number of ether oxygens (including phenoxy) is 3. The van der Waals surface area contributed by atoms with E-state index < -0.39 is 37.0 Å². The number of carbonyl (C=O) groups is 1. The number of sulfonamides is 1. The number of nitro groups is 1. The fourth-order valence-electron chi connectivity index (χ4n) is 11.8. The van der Waals surface area contributed by atoms with E-state index in [1.54, 1.807) is 45.5 Å². The Balaban J connectivity index is 0.848. The lowest BCUT2D eigenvalue weighted by Crippen LogP contribution is -2.68. The topological polar surface area (TPSA) is 205 Å². The first kappa shape index (κ1) is 52.0. The number of nitrogens with zero attached hydrogens (tertiary/aromatic N) is 5. The molecule has 1 atom stereocenters. The minimum atomic E-state index is -4.62. The molecule has 17 nitrogen and oxygen atoms in total. The van der Waals surface area contributed by atoms with Gasteiger partial charge in [0.25, 0.3) is 21.6 Å². The molecule has 4 N–H and O–H groups in total. The van der Waals surface area contributed by atoms with Crippen molar-refractivity contribution in [2.75, 3.05) is 63.7 Å². The highest BCUT2D eigenvalue weighted by Gasteiger charge is 2.55. The van der Waals surface area contributed by atoms with Crippen LogP contribution in [0.4, 0.5) is 17.1 Å². The second kappa shape index (κ2) is 20.9. The number of nitrogens with one attached hydrogen (secondary N) is 3. The summed E-state index contributed by atoms with van der Waals surface area (Å²) >= 11 is 6.44. The van der Waals surface area contributed by atoms with E-state index in [1.807, 2.05) is 6.07 Å². The van der Waals surface area contributed by atoms with Gasteiger partial charge in [-0.3, -0.25) is 24.7 Å². The van der Waals surface area contributed by atoms with E-state index in [2.05, 4.69) is 85.0 Å². The van der Waals surface area contributed by atoms with E-state index >= 15 is 0 Å². The highest BCUT2D eigenvalue weighted by Crippen LogP contribution is 2.54. The Morgan fingerprint density at radius 2 is 1.73 bits per heavy atom. The van der Waals surface area contributed by atoms with Crippen LogP contribution in [0.2, 0.25) is 5.02 Å². The Hall–Kier alpha value is -6.44. The molecule has 6 aromatic rings. The number of hydrogen-bond acceptors (Lipinski definition) is 14. The van der Waals surface area contributed by atoms with Crippen LogP contribution >= 0.6 is 11.6 Å². The standard InChI is InChI=1S/C56H65ClN8O9S/c1-35(2)42-8-6-7-9-43(42)49-32-62(31-37-10-15-50(72-4)52(22-37)73-5)20-21-64(49)39-26-56(27-39)33-63(34-56)38-11-13-44(51(23-38)74-40-24-45-46(57)30-60-53(45)59-29-40)54(66)61-75(70,71)41-12-14-47(48(25-41)65(68)69)58-28-36-16-18-55(3,67)19-17-36/h6-15,22-25,29-30,35-36,39,49,58,67H,16-21,26-28,31-34H2,1-5H3,(H,59,60)(H,61,66)/t36-,49?,55-. The first-order valence-electron chi connectivity index (χ1n) is 25.7. The number of fused-ring (bicyclic) bond motifs is 1. The Labute approximate surface area is 442 Å². The molecule has 1 amide bonds. The number of methoxy groups -OCH3 is 2. The normalized spacial score (nSPS) is 21.1. The van der Waals surface area contributed by atoms with Gasteiger partial charge >= 0.3 is 0 Å². The predicted molar refractivity (Wildman–Crippen MR) is 289 cm³/mol. The minimum Gasteiger partial charge on any atom is -0.493 e. The molecule has 2 aliphatic heterocycles. The molecule has 0 bridgehead atoms. The van der Waals surface area contributed by atoms with Crippen LogP contribution in [-0.4, -0.2) is 109 Å². The van der Waals surface area contributed by atoms with Crippen LogP contribution in [0.15, 0.2) is 102 Å². The van der Waals surface area contributed by atoms with Gasteiger partial charge in [-0.2, -0.15) is 0 Å². The van der Waals surface area contributed by atoms with Crippen molar-refractivity contribution in [3.8, 4) is 23.0 Å². The average Bonchev–Trinajstić information content (AvgIpc) is 3.75. The number of amides is 1. The van der Waals surface area contributed by atoms with Crippen molar-refractivity contribution in [3.63, 3.8) is 0 Å². The van der Waals surface area contributed by atoms with Crippen molar-refractivity contribution in [1.29, 1.82) is 0 Å². The maximum atomic E-state index is 14.1. The molecule has 1 unspecified atom stereocenters. The molecule has 2 aromatic heterocycles. The molecule has 10 rings (SSSR count). The molecular formula is C56H65ClN8O9S. The van der Waals surface area contributed by atoms with E-state index in [0.29, 0.717) is 53.2 Å². The van der Waals surface area contributed by atoms with E-state index in [4.69, 9.17) is 25.8 Å². The summed E-state index contributed by atoms with van der Waals surface area (Å²) in [4.78, 5) is 40.3. The number of hydrogen-bond donors (Lipinski definition) is 4. The van der Waals surface area contributed by atoms with Gasteiger partial charge in [-0.05, 0) is 116 Å². The maximum Gasteiger partial charge on any atom is 0.293 e.